The molecule has 0 fully saturated rings. The summed E-state index contributed by atoms with van der Waals surface area (Å²) < 4.78 is 0. The lowest BCUT2D eigenvalue weighted by atomic mass is 10.3. The van der Waals surface area contributed by atoms with Gasteiger partial charge in [0.1, 0.15) is 0 Å². The largest absolute Gasteiger partial charge is 0.310 e. The molecule has 1 aromatic rings. The van der Waals surface area contributed by atoms with Crippen LogP contribution >= 0.6 is 11.3 Å². The van der Waals surface area contributed by atoms with E-state index in [-0.39, 0.29) is 0 Å². The maximum atomic E-state index is 4.73. The SMILES string of the molecule is CCc1nc(CCN(C)C)sc1CNC(C)C. The van der Waals surface area contributed by atoms with Gasteiger partial charge < -0.3 is 10.2 Å². The molecule has 0 saturated carbocycles. The highest BCUT2D eigenvalue weighted by atomic mass is 32.1. The van der Waals surface area contributed by atoms with Crippen LogP contribution in [0.25, 0.3) is 0 Å². The van der Waals surface area contributed by atoms with Crippen LogP contribution < -0.4 is 5.32 Å². The number of aryl methyl sites for hydroxylation is 1. The lowest BCUT2D eigenvalue weighted by Gasteiger charge is -2.07. The maximum absolute atomic E-state index is 4.73. The van der Waals surface area contributed by atoms with Crippen molar-refractivity contribution in [1.82, 2.24) is 15.2 Å². The molecule has 0 amide bonds. The molecule has 0 aliphatic rings. The summed E-state index contributed by atoms with van der Waals surface area (Å²) in [5.41, 5.74) is 1.27. The first-order valence-corrected chi connectivity index (χ1v) is 7.20. The van der Waals surface area contributed by atoms with Crippen molar-refractivity contribution in [1.29, 1.82) is 0 Å². The number of hydrogen-bond acceptors (Lipinski definition) is 4. The topological polar surface area (TPSA) is 28.2 Å². The molecule has 0 aromatic carbocycles. The number of nitrogens with one attached hydrogen (secondary N) is 1. The molecule has 0 unspecified atom stereocenters. The predicted molar refractivity (Wildman–Crippen MR) is 75.7 cm³/mol. The van der Waals surface area contributed by atoms with Crippen molar-refractivity contribution < 1.29 is 0 Å². The predicted octanol–water partition coefficient (Wildman–Crippen LogP) is 2.31. The zero-order chi connectivity index (χ0) is 12.8. The third-order valence-electron chi connectivity index (χ3n) is 2.60. The summed E-state index contributed by atoms with van der Waals surface area (Å²) in [7, 11) is 4.21. The Morgan fingerprint density at radius 1 is 1.35 bits per heavy atom. The number of aromatic nitrogens is 1. The molecule has 0 aliphatic heterocycles. The number of likely N-dealkylation sites (N-methyl/N-ethyl adjacent to an activating group) is 1. The van der Waals surface area contributed by atoms with E-state index in [4.69, 9.17) is 4.98 Å². The van der Waals surface area contributed by atoms with Gasteiger partial charge >= 0.3 is 0 Å². The Hall–Kier alpha value is -0.450. The van der Waals surface area contributed by atoms with E-state index in [9.17, 15) is 0 Å². The Morgan fingerprint density at radius 2 is 2.06 bits per heavy atom. The van der Waals surface area contributed by atoms with Crippen LogP contribution in [0.4, 0.5) is 0 Å². The summed E-state index contributed by atoms with van der Waals surface area (Å²) in [6.45, 7) is 8.58. The van der Waals surface area contributed by atoms with Crippen LogP contribution in [0.1, 0.15) is 36.3 Å². The lowest BCUT2D eigenvalue weighted by Crippen LogP contribution is -2.21. The van der Waals surface area contributed by atoms with Crippen molar-refractivity contribution in [2.75, 3.05) is 20.6 Å². The third-order valence-corrected chi connectivity index (χ3v) is 3.76. The molecule has 0 atom stereocenters. The Kier molecular flexibility index (Phi) is 6.09. The monoisotopic (exact) mass is 255 g/mol. The van der Waals surface area contributed by atoms with Gasteiger partial charge in [-0.05, 0) is 20.5 Å². The van der Waals surface area contributed by atoms with E-state index in [2.05, 4.69) is 45.1 Å². The van der Waals surface area contributed by atoms with E-state index in [1.54, 1.807) is 0 Å². The fraction of sp³-hybridized carbons (Fsp3) is 0.769. The Balaban J connectivity index is 2.62. The number of nitrogens with zero attached hydrogens (tertiary/aromatic N) is 2. The molecule has 3 nitrogen and oxygen atoms in total. The van der Waals surface area contributed by atoms with E-state index >= 15 is 0 Å². The van der Waals surface area contributed by atoms with Gasteiger partial charge in [-0.25, -0.2) is 4.98 Å². The standard InChI is InChI=1S/C13H25N3S/c1-6-11-12(9-14-10(2)3)17-13(15-11)7-8-16(4)5/h10,14H,6-9H2,1-5H3. The molecule has 1 heterocycles. The van der Waals surface area contributed by atoms with Crippen LogP contribution in [0.2, 0.25) is 0 Å². The first-order chi connectivity index (χ1) is 8.02. The minimum absolute atomic E-state index is 0.534. The zero-order valence-corrected chi connectivity index (χ0v) is 12.5. The van der Waals surface area contributed by atoms with Crippen molar-refractivity contribution in [3.63, 3.8) is 0 Å². The molecular formula is C13H25N3S. The lowest BCUT2D eigenvalue weighted by molar-refractivity contribution is 0.413. The highest BCUT2D eigenvalue weighted by Crippen LogP contribution is 2.20. The van der Waals surface area contributed by atoms with Gasteiger partial charge in [0, 0.05) is 30.4 Å². The molecule has 0 radical (unpaired) electrons. The van der Waals surface area contributed by atoms with E-state index in [0.29, 0.717) is 6.04 Å². The molecule has 17 heavy (non-hydrogen) atoms. The smallest absolute Gasteiger partial charge is 0.0944 e. The van der Waals surface area contributed by atoms with Crippen LogP contribution in [0.5, 0.6) is 0 Å². The Labute approximate surface area is 109 Å². The van der Waals surface area contributed by atoms with Gasteiger partial charge in [0.15, 0.2) is 0 Å². The van der Waals surface area contributed by atoms with Crippen molar-refractivity contribution in [2.45, 2.75) is 46.2 Å². The van der Waals surface area contributed by atoms with Crippen LogP contribution in [-0.2, 0) is 19.4 Å². The second kappa shape index (κ2) is 7.09. The van der Waals surface area contributed by atoms with Crippen LogP contribution in [0, 0.1) is 0 Å². The van der Waals surface area contributed by atoms with E-state index in [1.165, 1.54) is 15.6 Å². The molecule has 0 saturated heterocycles. The zero-order valence-electron chi connectivity index (χ0n) is 11.7. The van der Waals surface area contributed by atoms with Crippen LogP contribution in [0.3, 0.4) is 0 Å². The second-order valence-corrected chi connectivity index (χ2v) is 6.09. The van der Waals surface area contributed by atoms with Gasteiger partial charge in [0.2, 0.25) is 0 Å². The average Bonchev–Trinajstić information content (AvgIpc) is 2.66. The fourth-order valence-electron chi connectivity index (χ4n) is 1.57. The second-order valence-electron chi connectivity index (χ2n) is 4.92. The molecule has 1 rings (SSSR count). The maximum Gasteiger partial charge on any atom is 0.0944 e. The van der Waals surface area contributed by atoms with Gasteiger partial charge in [0.25, 0.3) is 0 Å². The van der Waals surface area contributed by atoms with E-state index < -0.39 is 0 Å². The molecule has 0 aliphatic carbocycles. The summed E-state index contributed by atoms with van der Waals surface area (Å²) >= 11 is 1.87. The molecule has 98 valence electrons. The summed E-state index contributed by atoms with van der Waals surface area (Å²) in [6, 6.07) is 0.534. The molecule has 0 bridgehead atoms. The van der Waals surface area contributed by atoms with Crippen molar-refractivity contribution in [2.24, 2.45) is 0 Å². The van der Waals surface area contributed by atoms with Crippen molar-refractivity contribution in [3.8, 4) is 0 Å². The van der Waals surface area contributed by atoms with E-state index in [1.807, 2.05) is 11.3 Å². The first-order valence-electron chi connectivity index (χ1n) is 6.38. The number of hydrogen-bond donors (Lipinski definition) is 1. The molecule has 1 aromatic heterocycles. The summed E-state index contributed by atoms with van der Waals surface area (Å²) in [6.07, 6.45) is 2.10. The molecule has 1 N–H and O–H groups in total. The van der Waals surface area contributed by atoms with Crippen LogP contribution in [-0.4, -0.2) is 36.6 Å². The van der Waals surface area contributed by atoms with Gasteiger partial charge in [-0.3, -0.25) is 0 Å². The molecule has 0 spiro atoms. The average molecular weight is 255 g/mol. The minimum Gasteiger partial charge on any atom is -0.310 e. The minimum atomic E-state index is 0.534. The molecular weight excluding hydrogens is 230 g/mol. The molecule has 4 heteroatoms. The Morgan fingerprint density at radius 3 is 2.59 bits per heavy atom. The first kappa shape index (κ1) is 14.6. The van der Waals surface area contributed by atoms with Gasteiger partial charge in [-0.1, -0.05) is 20.8 Å². The van der Waals surface area contributed by atoms with Gasteiger partial charge in [0.05, 0.1) is 10.7 Å². The number of rotatable bonds is 7. The number of thiazole rings is 1. The fourth-order valence-corrected chi connectivity index (χ4v) is 2.67. The van der Waals surface area contributed by atoms with Gasteiger partial charge in [-0.15, -0.1) is 11.3 Å². The summed E-state index contributed by atoms with van der Waals surface area (Å²) in [5, 5.41) is 4.75. The highest BCUT2D eigenvalue weighted by Gasteiger charge is 2.10. The summed E-state index contributed by atoms with van der Waals surface area (Å²) in [4.78, 5) is 8.35. The normalized spacial score (nSPS) is 11.7. The highest BCUT2D eigenvalue weighted by molar-refractivity contribution is 7.11. The van der Waals surface area contributed by atoms with Crippen molar-refractivity contribution in [3.05, 3.63) is 15.6 Å². The van der Waals surface area contributed by atoms with Crippen LogP contribution in [0.15, 0.2) is 0 Å². The van der Waals surface area contributed by atoms with E-state index in [0.717, 1.165) is 25.9 Å². The quantitative estimate of drug-likeness (QED) is 0.810. The summed E-state index contributed by atoms with van der Waals surface area (Å²) in [5.74, 6) is 0. The third kappa shape index (κ3) is 5.15. The van der Waals surface area contributed by atoms with Crippen molar-refractivity contribution >= 4 is 11.3 Å². The Bertz CT molecular complexity index is 331. The van der Waals surface area contributed by atoms with Gasteiger partial charge in [-0.2, -0.15) is 0 Å².